The molecule has 1 nitrogen and oxygen atoms in total. The second-order valence-corrected chi connectivity index (χ2v) is 3.15. The van der Waals surface area contributed by atoms with Crippen LogP contribution < -0.4 is 0 Å². The lowest BCUT2D eigenvalue weighted by molar-refractivity contribution is -0.137. The van der Waals surface area contributed by atoms with Crippen LogP contribution in [0, 0.1) is 0 Å². The van der Waals surface area contributed by atoms with Gasteiger partial charge in [0, 0.05) is 12.6 Å². The number of halogens is 3. The fraction of sp³-hybridized carbons (Fsp3) is 0.250. The molecule has 0 radical (unpaired) electrons. The van der Waals surface area contributed by atoms with Gasteiger partial charge in [0.05, 0.1) is 11.3 Å². The summed E-state index contributed by atoms with van der Waals surface area (Å²) >= 11 is 0. The highest BCUT2D eigenvalue weighted by Gasteiger charge is 2.33. The minimum Gasteiger partial charge on any atom is -0.288 e. The van der Waals surface area contributed by atoms with Crippen LogP contribution in [0.15, 0.2) is 41.4 Å². The maximum absolute atomic E-state index is 12.7. The van der Waals surface area contributed by atoms with Gasteiger partial charge in [-0.15, -0.1) is 0 Å². The molecule has 0 spiro atoms. The molecule has 0 amide bonds. The molecule has 0 saturated heterocycles. The Kier molecular flexibility index (Phi) is 3.88. The lowest BCUT2D eigenvalue weighted by atomic mass is 10.0. The van der Waals surface area contributed by atoms with Crippen LogP contribution in [0.4, 0.5) is 13.2 Å². The average Bonchev–Trinajstić information content (AvgIpc) is 2.25. The van der Waals surface area contributed by atoms with Gasteiger partial charge in [-0.3, -0.25) is 4.99 Å². The molecule has 0 N–H and O–H groups in total. The molecule has 1 aromatic rings. The summed E-state index contributed by atoms with van der Waals surface area (Å²) in [5.74, 6) is 0. The van der Waals surface area contributed by atoms with E-state index >= 15 is 0 Å². The summed E-state index contributed by atoms with van der Waals surface area (Å²) in [6.45, 7) is 1.74. The van der Waals surface area contributed by atoms with Crippen LogP contribution in [0.1, 0.15) is 18.1 Å². The zero-order valence-electron chi connectivity index (χ0n) is 9.05. The molecule has 0 aliphatic heterocycles. The van der Waals surface area contributed by atoms with Crippen molar-refractivity contribution in [1.29, 1.82) is 0 Å². The molecule has 1 aromatic carbocycles. The number of benzene rings is 1. The highest BCUT2D eigenvalue weighted by molar-refractivity contribution is 6.09. The van der Waals surface area contributed by atoms with Crippen LogP contribution in [-0.2, 0) is 6.18 Å². The van der Waals surface area contributed by atoms with Gasteiger partial charge in [-0.2, -0.15) is 13.2 Å². The van der Waals surface area contributed by atoms with E-state index in [1.807, 2.05) is 0 Å². The lowest BCUT2D eigenvalue weighted by Crippen LogP contribution is -2.12. The van der Waals surface area contributed by atoms with Crippen molar-refractivity contribution in [3.05, 3.63) is 47.5 Å². The molecule has 0 heterocycles. The van der Waals surface area contributed by atoms with E-state index in [1.165, 1.54) is 19.2 Å². The van der Waals surface area contributed by atoms with Crippen LogP contribution in [-0.4, -0.2) is 12.8 Å². The zero-order valence-corrected chi connectivity index (χ0v) is 9.05. The van der Waals surface area contributed by atoms with Crippen molar-refractivity contribution in [2.24, 2.45) is 4.99 Å². The van der Waals surface area contributed by atoms with Gasteiger partial charge in [0.2, 0.25) is 0 Å². The molecule has 0 aliphatic carbocycles. The van der Waals surface area contributed by atoms with Crippen molar-refractivity contribution < 1.29 is 13.2 Å². The molecule has 0 aromatic heterocycles. The monoisotopic (exact) mass is 227 g/mol. The first-order valence-electron chi connectivity index (χ1n) is 4.76. The number of hydrogen-bond donors (Lipinski definition) is 0. The highest BCUT2D eigenvalue weighted by Crippen LogP contribution is 2.32. The van der Waals surface area contributed by atoms with E-state index in [0.717, 1.165) is 6.07 Å². The quantitative estimate of drug-likeness (QED) is 0.683. The number of hydrogen-bond acceptors (Lipinski definition) is 1. The Balaban J connectivity index is 3.34. The molecule has 0 fully saturated rings. The highest BCUT2D eigenvalue weighted by atomic mass is 19.4. The van der Waals surface area contributed by atoms with Gasteiger partial charge in [0.15, 0.2) is 0 Å². The summed E-state index contributed by atoms with van der Waals surface area (Å²) in [4.78, 5) is 3.85. The van der Waals surface area contributed by atoms with Crippen molar-refractivity contribution in [1.82, 2.24) is 0 Å². The molecular formula is C12H12F3N. The molecule has 4 heteroatoms. The van der Waals surface area contributed by atoms with E-state index in [9.17, 15) is 13.2 Å². The standard InChI is InChI=1S/C12H12F3N/c1-3-6-11(16-2)9-7-4-5-8-10(9)12(13,14)15/h3-8H,1-2H3/b6-3-,16-11?. The van der Waals surface area contributed by atoms with E-state index < -0.39 is 11.7 Å². The Morgan fingerprint density at radius 3 is 2.38 bits per heavy atom. The Morgan fingerprint density at radius 1 is 1.25 bits per heavy atom. The molecule has 0 bridgehead atoms. The third-order valence-electron chi connectivity index (χ3n) is 2.07. The molecule has 16 heavy (non-hydrogen) atoms. The first kappa shape index (κ1) is 12.5. The predicted octanol–water partition coefficient (Wildman–Crippen LogP) is 3.70. The van der Waals surface area contributed by atoms with E-state index in [2.05, 4.69) is 4.99 Å². The van der Waals surface area contributed by atoms with Crippen molar-refractivity contribution in [2.45, 2.75) is 13.1 Å². The number of alkyl halides is 3. The summed E-state index contributed by atoms with van der Waals surface area (Å²) in [7, 11) is 1.47. The maximum Gasteiger partial charge on any atom is 0.417 e. The number of allylic oxidation sites excluding steroid dienone is 2. The first-order chi connectivity index (χ1) is 7.50. The van der Waals surface area contributed by atoms with Crippen LogP contribution in [0.3, 0.4) is 0 Å². The fourth-order valence-corrected chi connectivity index (χ4v) is 1.40. The normalized spacial score (nSPS) is 13.4. The van der Waals surface area contributed by atoms with Crippen LogP contribution in [0.25, 0.3) is 0 Å². The molecule has 1 rings (SSSR count). The zero-order chi connectivity index (χ0) is 12.2. The van der Waals surface area contributed by atoms with Gasteiger partial charge in [0.1, 0.15) is 0 Å². The number of rotatable bonds is 2. The van der Waals surface area contributed by atoms with Gasteiger partial charge < -0.3 is 0 Å². The van der Waals surface area contributed by atoms with Gasteiger partial charge in [-0.25, -0.2) is 0 Å². The molecular weight excluding hydrogens is 215 g/mol. The lowest BCUT2D eigenvalue weighted by Gasteiger charge is -2.12. The average molecular weight is 227 g/mol. The largest absolute Gasteiger partial charge is 0.417 e. The van der Waals surface area contributed by atoms with Gasteiger partial charge >= 0.3 is 6.18 Å². The van der Waals surface area contributed by atoms with Crippen LogP contribution >= 0.6 is 0 Å². The smallest absolute Gasteiger partial charge is 0.288 e. The SMILES string of the molecule is C/C=C\C(=NC)c1ccccc1C(F)(F)F. The van der Waals surface area contributed by atoms with Crippen molar-refractivity contribution >= 4 is 5.71 Å². The summed E-state index contributed by atoms with van der Waals surface area (Å²) in [6.07, 6.45) is -1.13. The van der Waals surface area contributed by atoms with E-state index in [1.54, 1.807) is 25.1 Å². The van der Waals surface area contributed by atoms with Crippen molar-refractivity contribution in [3.8, 4) is 0 Å². The topological polar surface area (TPSA) is 12.4 Å². The summed E-state index contributed by atoms with van der Waals surface area (Å²) in [5.41, 5.74) is -0.222. The molecule has 0 unspecified atom stereocenters. The summed E-state index contributed by atoms with van der Waals surface area (Å²) in [6, 6.07) is 5.42. The van der Waals surface area contributed by atoms with Crippen molar-refractivity contribution in [2.75, 3.05) is 7.05 Å². The Morgan fingerprint density at radius 2 is 1.88 bits per heavy atom. The van der Waals surface area contributed by atoms with E-state index in [4.69, 9.17) is 0 Å². The molecule has 0 atom stereocenters. The Labute approximate surface area is 92.3 Å². The third-order valence-corrected chi connectivity index (χ3v) is 2.07. The fourth-order valence-electron chi connectivity index (χ4n) is 1.40. The Hall–Kier alpha value is -1.58. The predicted molar refractivity (Wildman–Crippen MR) is 58.7 cm³/mol. The third kappa shape index (κ3) is 2.72. The van der Waals surface area contributed by atoms with E-state index in [0.29, 0.717) is 5.71 Å². The van der Waals surface area contributed by atoms with E-state index in [-0.39, 0.29) is 5.56 Å². The summed E-state index contributed by atoms with van der Waals surface area (Å²) < 4.78 is 38.1. The first-order valence-corrected chi connectivity index (χ1v) is 4.76. The van der Waals surface area contributed by atoms with Gasteiger partial charge in [-0.1, -0.05) is 24.3 Å². The number of aliphatic imine (C=N–C) groups is 1. The van der Waals surface area contributed by atoms with Crippen molar-refractivity contribution in [3.63, 3.8) is 0 Å². The molecule has 0 aliphatic rings. The second kappa shape index (κ2) is 4.96. The maximum atomic E-state index is 12.7. The molecule has 0 saturated carbocycles. The second-order valence-electron chi connectivity index (χ2n) is 3.15. The van der Waals surface area contributed by atoms with Crippen LogP contribution in [0.5, 0.6) is 0 Å². The Bertz CT molecular complexity index is 417. The summed E-state index contributed by atoms with van der Waals surface area (Å²) in [5, 5.41) is 0. The number of nitrogens with zero attached hydrogens (tertiary/aromatic N) is 1. The van der Waals surface area contributed by atoms with Gasteiger partial charge in [0.25, 0.3) is 0 Å². The minimum atomic E-state index is -4.35. The van der Waals surface area contributed by atoms with Crippen LogP contribution in [0.2, 0.25) is 0 Å². The minimum absolute atomic E-state index is 0.107. The molecule has 86 valence electrons. The van der Waals surface area contributed by atoms with Gasteiger partial charge in [-0.05, 0) is 19.1 Å².